The number of nitrogens with one attached hydrogen (secondary N) is 3. The summed E-state index contributed by atoms with van der Waals surface area (Å²) in [6.45, 7) is 4.88. The number of carbonyl (C=O) groups is 1. The van der Waals surface area contributed by atoms with E-state index in [4.69, 9.17) is 9.47 Å². The van der Waals surface area contributed by atoms with Crippen LogP contribution in [0.15, 0.2) is 29.3 Å². The van der Waals surface area contributed by atoms with Gasteiger partial charge >= 0.3 is 0 Å². The lowest BCUT2D eigenvalue weighted by molar-refractivity contribution is 0.0347. The summed E-state index contributed by atoms with van der Waals surface area (Å²) in [6, 6.07) is 7.80. The van der Waals surface area contributed by atoms with E-state index < -0.39 is 0 Å². The molecule has 1 heterocycles. The number of benzene rings is 1. The summed E-state index contributed by atoms with van der Waals surface area (Å²) in [4.78, 5) is 15.9. The molecule has 0 saturated carbocycles. The molecule has 1 aromatic rings. The summed E-state index contributed by atoms with van der Waals surface area (Å²) in [5.74, 6) is 0.671. The molecule has 144 valence electrons. The van der Waals surface area contributed by atoms with Gasteiger partial charge in [0.1, 0.15) is 0 Å². The summed E-state index contributed by atoms with van der Waals surface area (Å²) in [5.41, 5.74) is 1.78. The monoisotopic (exact) mass is 362 g/mol. The van der Waals surface area contributed by atoms with Gasteiger partial charge in [0.2, 0.25) is 0 Å². The van der Waals surface area contributed by atoms with Crippen LogP contribution < -0.4 is 16.0 Å². The zero-order valence-electron chi connectivity index (χ0n) is 15.9. The molecule has 1 amide bonds. The quantitative estimate of drug-likeness (QED) is 0.474. The molecule has 0 bridgehead atoms. The van der Waals surface area contributed by atoms with E-state index in [9.17, 15) is 4.79 Å². The first-order valence-corrected chi connectivity index (χ1v) is 9.10. The van der Waals surface area contributed by atoms with Crippen LogP contribution in [0.2, 0.25) is 0 Å². The van der Waals surface area contributed by atoms with E-state index in [1.165, 1.54) is 0 Å². The molecule has 1 aromatic carbocycles. The Morgan fingerprint density at radius 2 is 2.31 bits per heavy atom. The smallest absolute Gasteiger partial charge is 0.251 e. The van der Waals surface area contributed by atoms with Crippen molar-refractivity contribution >= 4 is 11.9 Å². The zero-order chi connectivity index (χ0) is 18.8. The number of rotatable bonds is 8. The third-order valence-corrected chi connectivity index (χ3v) is 4.20. The normalized spacial score (nSPS) is 18.4. The number of guanidine groups is 1. The van der Waals surface area contributed by atoms with E-state index in [0.717, 1.165) is 37.5 Å². The Balaban J connectivity index is 1.72. The predicted octanol–water partition coefficient (Wildman–Crippen LogP) is 0.948. The molecule has 0 spiro atoms. The molecule has 1 saturated heterocycles. The van der Waals surface area contributed by atoms with Crippen LogP contribution in [0.3, 0.4) is 0 Å². The number of amides is 1. The molecule has 2 rings (SSSR count). The Hall–Kier alpha value is -2.12. The van der Waals surface area contributed by atoms with Gasteiger partial charge in [-0.1, -0.05) is 12.1 Å². The van der Waals surface area contributed by atoms with Crippen molar-refractivity contribution in [1.82, 2.24) is 16.0 Å². The first-order valence-electron chi connectivity index (χ1n) is 9.10. The molecular weight excluding hydrogens is 332 g/mol. The Bertz CT molecular complexity index is 600. The molecular formula is C19H30N4O3. The van der Waals surface area contributed by atoms with Crippen molar-refractivity contribution in [2.24, 2.45) is 4.99 Å². The highest BCUT2D eigenvalue weighted by Gasteiger charge is 2.17. The van der Waals surface area contributed by atoms with Gasteiger partial charge in [0.15, 0.2) is 5.96 Å². The van der Waals surface area contributed by atoms with Crippen LogP contribution in [0.1, 0.15) is 29.3 Å². The van der Waals surface area contributed by atoms with Crippen LogP contribution in [0, 0.1) is 0 Å². The fourth-order valence-electron chi connectivity index (χ4n) is 2.73. The highest BCUT2D eigenvalue weighted by atomic mass is 16.5. The molecule has 3 N–H and O–H groups in total. The molecule has 7 nitrogen and oxygen atoms in total. The van der Waals surface area contributed by atoms with Gasteiger partial charge in [-0.05, 0) is 37.5 Å². The summed E-state index contributed by atoms with van der Waals surface area (Å²) in [6.07, 6.45) is 1.98. The second-order valence-corrected chi connectivity index (χ2v) is 6.39. The largest absolute Gasteiger partial charge is 0.379 e. The minimum absolute atomic E-state index is 0.0706. The summed E-state index contributed by atoms with van der Waals surface area (Å²) < 4.78 is 11.1. The van der Waals surface area contributed by atoms with Crippen LogP contribution in [0.5, 0.6) is 0 Å². The van der Waals surface area contributed by atoms with Crippen molar-refractivity contribution in [3.8, 4) is 0 Å². The SMILES string of the molecule is CN=C(NCCc1cccc(C(=O)NC)c1)NC(C)COC1CCOC1. The van der Waals surface area contributed by atoms with Crippen LogP contribution in [0.4, 0.5) is 0 Å². The van der Waals surface area contributed by atoms with E-state index in [-0.39, 0.29) is 18.1 Å². The lowest BCUT2D eigenvalue weighted by Gasteiger charge is -2.19. The molecule has 0 aliphatic carbocycles. The molecule has 2 atom stereocenters. The predicted molar refractivity (Wildman–Crippen MR) is 103 cm³/mol. The van der Waals surface area contributed by atoms with E-state index in [1.54, 1.807) is 14.1 Å². The Morgan fingerprint density at radius 1 is 1.46 bits per heavy atom. The number of ether oxygens (including phenoxy) is 2. The molecule has 7 heteroatoms. The van der Waals surface area contributed by atoms with Gasteiger partial charge in [-0.25, -0.2) is 0 Å². The van der Waals surface area contributed by atoms with Crippen molar-refractivity contribution in [2.45, 2.75) is 31.9 Å². The molecule has 0 radical (unpaired) electrons. The maximum Gasteiger partial charge on any atom is 0.251 e. The van der Waals surface area contributed by atoms with Crippen molar-refractivity contribution in [3.05, 3.63) is 35.4 Å². The van der Waals surface area contributed by atoms with Gasteiger partial charge in [0.25, 0.3) is 5.91 Å². The van der Waals surface area contributed by atoms with E-state index in [2.05, 4.69) is 27.9 Å². The van der Waals surface area contributed by atoms with Crippen molar-refractivity contribution in [2.75, 3.05) is 40.5 Å². The first kappa shape index (κ1) is 20.2. The third-order valence-electron chi connectivity index (χ3n) is 4.20. The third kappa shape index (κ3) is 6.65. The highest BCUT2D eigenvalue weighted by molar-refractivity contribution is 5.94. The Kier molecular flexibility index (Phi) is 8.37. The molecule has 1 aliphatic rings. The van der Waals surface area contributed by atoms with Gasteiger partial charge < -0.3 is 25.4 Å². The van der Waals surface area contributed by atoms with Crippen LogP contribution in [-0.2, 0) is 15.9 Å². The fourth-order valence-corrected chi connectivity index (χ4v) is 2.73. The number of nitrogens with zero attached hydrogens (tertiary/aromatic N) is 1. The second kappa shape index (κ2) is 10.8. The van der Waals surface area contributed by atoms with Gasteiger partial charge in [0, 0.05) is 38.9 Å². The standard InChI is InChI=1S/C19H30N4O3/c1-14(12-26-17-8-10-25-13-17)23-19(21-3)22-9-7-15-5-4-6-16(11-15)18(24)20-2/h4-6,11,14,17H,7-10,12-13H2,1-3H3,(H,20,24)(H2,21,22,23). The Morgan fingerprint density at radius 3 is 3.00 bits per heavy atom. The van der Waals surface area contributed by atoms with Gasteiger partial charge in [-0.2, -0.15) is 0 Å². The van der Waals surface area contributed by atoms with Crippen molar-refractivity contribution < 1.29 is 14.3 Å². The van der Waals surface area contributed by atoms with Gasteiger partial charge in [-0.3, -0.25) is 9.79 Å². The van der Waals surface area contributed by atoms with Gasteiger partial charge in [-0.15, -0.1) is 0 Å². The van der Waals surface area contributed by atoms with E-state index in [0.29, 0.717) is 18.8 Å². The lowest BCUT2D eigenvalue weighted by Crippen LogP contribution is -2.45. The molecule has 2 unspecified atom stereocenters. The molecule has 26 heavy (non-hydrogen) atoms. The topological polar surface area (TPSA) is 84.0 Å². The maximum absolute atomic E-state index is 11.7. The highest BCUT2D eigenvalue weighted by Crippen LogP contribution is 2.08. The average Bonchev–Trinajstić information content (AvgIpc) is 3.18. The summed E-state index contributed by atoms with van der Waals surface area (Å²) >= 11 is 0. The van der Waals surface area contributed by atoms with Gasteiger partial charge in [0.05, 0.1) is 19.3 Å². The summed E-state index contributed by atoms with van der Waals surface area (Å²) in [7, 11) is 3.39. The van der Waals surface area contributed by atoms with Crippen molar-refractivity contribution in [1.29, 1.82) is 0 Å². The minimum Gasteiger partial charge on any atom is -0.379 e. The van der Waals surface area contributed by atoms with E-state index >= 15 is 0 Å². The molecule has 0 aromatic heterocycles. The average molecular weight is 362 g/mol. The van der Waals surface area contributed by atoms with Crippen LogP contribution in [-0.4, -0.2) is 64.5 Å². The van der Waals surface area contributed by atoms with Crippen LogP contribution in [0.25, 0.3) is 0 Å². The minimum atomic E-state index is -0.0706. The number of aliphatic imine (C=N–C) groups is 1. The number of hydrogen-bond donors (Lipinski definition) is 3. The fraction of sp³-hybridized carbons (Fsp3) is 0.579. The Labute approximate surface area is 155 Å². The zero-order valence-corrected chi connectivity index (χ0v) is 15.9. The second-order valence-electron chi connectivity index (χ2n) is 6.39. The number of carbonyl (C=O) groups excluding carboxylic acids is 1. The number of hydrogen-bond acceptors (Lipinski definition) is 4. The lowest BCUT2D eigenvalue weighted by atomic mass is 10.1. The van der Waals surface area contributed by atoms with E-state index in [1.807, 2.05) is 24.3 Å². The van der Waals surface area contributed by atoms with Crippen molar-refractivity contribution in [3.63, 3.8) is 0 Å². The molecule has 1 aliphatic heterocycles. The molecule has 1 fully saturated rings. The maximum atomic E-state index is 11.7. The van der Waals surface area contributed by atoms with Crippen LogP contribution >= 0.6 is 0 Å². The summed E-state index contributed by atoms with van der Waals surface area (Å²) in [5, 5.41) is 9.26. The first-order chi connectivity index (χ1) is 12.6.